The number of likely N-dealkylation sites (tertiary alicyclic amines) is 1. The van der Waals surface area contributed by atoms with Crippen LogP contribution in [-0.4, -0.2) is 29.7 Å². The van der Waals surface area contributed by atoms with E-state index in [1.54, 1.807) is 0 Å². The lowest BCUT2D eigenvalue weighted by Crippen LogP contribution is -2.32. The van der Waals surface area contributed by atoms with Crippen LogP contribution in [-0.2, 0) is 4.79 Å². The number of hydrogen-bond acceptors (Lipinski definition) is 2. The van der Waals surface area contributed by atoms with E-state index < -0.39 is 0 Å². The Morgan fingerprint density at radius 2 is 2.00 bits per heavy atom. The van der Waals surface area contributed by atoms with Crippen LogP contribution in [0, 0.1) is 5.92 Å². The normalized spacial score (nSPS) is 20.2. The predicted molar refractivity (Wildman–Crippen MR) is 75.0 cm³/mol. The molecular formula is C16H21NO2. The van der Waals surface area contributed by atoms with E-state index in [1.807, 2.05) is 35.2 Å². The van der Waals surface area contributed by atoms with E-state index in [4.69, 9.17) is 0 Å². The first-order valence-electron chi connectivity index (χ1n) is 7.03. The van der Waals surface area contributed by atoms with Gasteiger partial charge in [0.05, 0.1) is 0 Å². The second-order valence-electron chi connectivity index (χ2n) is 5.35. The monoisotopic (exact) mass is 259 g/mol. The molecule has 1 aromatic rings. The zero-order chi connectivity index (χ0) is 13.7. The highest BCUT2D eigenvalue weighted by molar-refractivity contribution is 5.96. The molecule has 1 saturated heterocycles. The molecule has 1 heterocycles. The summed E-state index contributed by atoms with van der Waals surface area (Å²) in [5, 5.41) is 0. The highest BCUT2D eigenvalue weighted by atomic mass is 16.2. The maximum absolute atomic E-state index is 12.0. The molecule has 1 atom stereocenters. The van der Waals surface area contributed by atoms with Crippen LogP contribution in [0.3, 0.4) is 0 Å². The molecule has 1 unspecified atom stereocenters. The molecule has 0 aliphatic carbocycles. The third kappa shape index (κ3) is 3.91. The van der Waals surface area contributed by atoms with E-state index in [-0.39, 0.29) is 11.7 Å². The first kappa shape index (κ1) is 13.8. The second kappa shape index (κ2) is 6.50. The average Bonchev–Trinajstić information content (AvgIpc) is 2.60. The van der Waals surface area contributed by atoms with Gasteiger partial charge in [0, 0.05) is 31.5 Å². The van der Waals surface area contributed by atoms with Gasteiger partial charge in [-0.25, -0.2) is 0 Å². The molecule has 1 aliphatic heterocycles. The molecule has 0 radical (unpaired) electrons. The number of carbonyl (C=O) groups is 2. The van der Waals surface area contributed by atoms with Gasteiger partial charge in [0.2, 0.25) is 5.91 Å². The summed E-state index contributed by atoms with van der Waals surface area (Å²) in [6.07, 6.45) is 3.07. The van der Waals surface area contributed by atoms with Gasteiger partial charge in [-0.15, -0.1) is 0 Å². The summed E-state index contributed by atoms with van der Waals surface area (Å²) < 4.78 is 0. The zero-order valence-electron chi connectivity index (χ0n) is 11.5. The van der Waals surface area contributed by atoms with Gasteiger partial charge in [-0.3, -0.25) is 9.59 Å². The van der Waals surface area contributed by atoms with Crippen molar-refractivity contribution in [2.45, 2.75) is 32.6 Å². The van der Waals surface area contributed by atoms with E-state index >= 15 is 0 Å². The topological polar surface area (TPSA) is 37.4 Å². The molecule has 1 aliphatic rings. The molecule has 1 aromatic carbocycles. The third-order valence-corrected chi connectivity index (χ3v) is 3.80. The molecule has 0 N–H and O–H groups in total. The van der Waals surface area contributed by atoms with Crippen molar-refractivity contribution in [1.29, 1.82) is 0 Å². The molecule has 1 amide bonds. The van der Waals surface area contributed by atoms with Gasteiger partial charge in [0.1, 0.15) is 0 Å². The van der Waals surface area contributed by atoms with Crippen LogP contribution < -0.4 is 0 Å². The van der Waals surface area contributed by atoms with E-state index in [0.29, 0.717) is 25.3 Å². The van der Waals surface area contributed by atoms with Crippen LogP contribution in [0.4, 0.5) is 0 Å². The number of nitrogens with zero attached hydrogens (tertiary/aromatic N) is 1. The van der Waals surface area contributed by atoms with Gasteiger partial charge in [0.15, 0.2) is 5.78 Å². The summed E-state index contributed by atoms with van der Waals surface area (Å²) in [4.78, 5) is 25.8. The first-order valence-corrected chi connectivity index (χ1v) is 7.03. The standard InChI is InChI=1S/C16H21NO2/c1-13-7-8-16(19)17(11-9-13)12-10-15(18)14-5-3-2-4-6-14/h2-6,13H,7-12H2,1H3. The lowest BCUT2D eigenvalue weighted by atomic mass is 10.0. The Balaban J connectivity index is 1.88. The van der Waals surface area contributed by atoms with Crippen molar-refractivity contribution in [3.8, 4) is 0 Å². The lowest BCUT2D eigenvalue weighted by Gasteiger charge is -2.20. The predicted octanol–water partition coefficient (Wildman–Crippen LogP) is 2.91. The molecule has 3 nitrogen and oxygen atoms in total. The Kier molecular flexibility index (Phi) is 4.72. The van der Waals surface area contributed by atoms with E-state index in [9.17, 15) is 9.59 Å². The number of Topliss-reactive ketones (excluding diaryl/α,β-unsaturated/α-hetero) is 1. The van der Waals surface area contributed by atoms with Crippen LogP contribution in [0.2, 0.25) is 0 Å². The van der Waals surface area contributed by atoms with Crippen molar-refractivity contribution in [3.63, 3.8) is 0 Å². The molecule has 3 heteroatoms. The molecule has 19 heavy (non-hydrogen) atoms. The Hall–Kier alpha value is -1.64. The number of benzene rings is 1. The highest BCUT2D eigenvalue weighted by Crippen LogP contribution is 2.18. The summed E-state index contributed by atoms with van der Waals surface area (Å²) >= 11 is 0. The fraction of sp³-hybridized carbons (Fsp3) is 0.500. The SMILES string of the molecule is CC1CCC(=O)N(CCC(=O)c2ccccc2)CC1. The van der Waals surface area contributed by atoms with Crippen molar-refractivity contribution in [2.75, 3.05) is 13.1 Å². The van der Waals surface area contributed by atoms with Crippen LogP contribution in [0.25, 0.3) is 0 Å². The van der Waals surface area contributed by atoms with Gasteiger partial charge in [0.25, 0.3) is 0 Å². The second-order valence-corrected chi connectivity index (χ2v) is 5.35. The molecule has 1 fully saturated rings. The Bertz CT molecular complexity index is 441. The molecule has 0 spiro atoms. The maximum atomic E-state index is 12.0. The fourth-order valence-corrected chi connectivity index (χ4v) is 2.41. The van der Waals surface area contributed by atoms with Crippen LogP contribution in [0.5, 0.6) is 0 Å². The van der Waals surface area contributed by atoms with Crippen LogP contribution >= 0.6 is 0 Å². The summed E-state index contributed by atoms with van der Waals surface area (Å²) in [6.45, 7) is 3.53. The maximum Gasteiger partial charge on any atom is 0.222 e. The molecule has 0 bridgehead atoms. The summed E-state index contributed by atoms with van der Waals surface area (Å²) in [5.41, 5.74) is 0.734. The van der Waals surface area contributed by atoms with Gasteiger partial charge in [-0.1, -0.05) is 37.3 Å². The van der Waals surface area contributed by atoms with Crippen molar-refractivity contribution in [2.24, 2.45) is 5.92 Å². The van der Waals surface area contributed by atoms with Crippen LogP contribution in [0.1, 0.15) is 43.0 Å². The van der Waals surface area contributed by atoms with Gasteiger partial charge in [-0.05, 0) is 18.8 Å². The van der Waals surface area contributed by atoms with E-state index in [0.717, 1.165) is 24.9 Å². The van der Waals surface area contributed by atoms with Gasteiger partial charge < -0.3 is 4.90 Å². The minimum absolute atomic E-state index is 0.116. The summed E-state index contributed by atoms with van der Waals surface area (Å²) in [7, 11) is 0. The zero-order valence-corrected chi connectivity index (χ0v) is 11.5. The van der Waals surface area contributed by atoms with Gasteiger partial charge >= 0.3 is 0 Å². The molecule has 0 saturated carbocycles. The van der Waals surface area contributed by atoms with Crippen molar-refractivity contribution >= 4 is 11.7 Å². The van der Waals surface area contributed by atoms with Crippen LogP contribution in [0.15, 0.2) is 30.3 Å². The number of rotatable bonds is 4. The average molecular weight is 259 g/mol. The Morgan fingerprint density at radius 3 is 2.74 bits per heavy atom. The van der Waals surface area contributed by atoms with Gasteiger partial charge in [-0.2, -0.15) is 0 Å². The Morgan fingerprint density at radius 1 is 1.26 bits per heavy atom. The number of amides is 1. The summed E-state index contributed by atoms with van der Waals surface area (Å²) in [5.74, 6) is 0.926. The van der Waals surface area contributed by atoms with Crippen molar-refractivity contribution < 1.29 is 9.59 Å². The summed E-state index contributed by atoms with van der Waals surface area (Å²) in [6, 6.07) is 9.29. The fourth-order valence-electron chi connectivity index (χ4n) is 2.41. The molecular weight excluding hydrogens is 238 g/mol. The quantitative estimate of drug-likeness (QED) is 0.780. The number of carbonyl (C=O) groups excluding carboxylic acids is 2. The molecule has 0 aromatic heterocycles. The number of hydrogen-bond donors (Lipinski definition) is 0. The smallest absolute Gasteiger partial charge is 0.222 e. The third-order valence-electron chi connectivity index (χ3n) is 3.80. The number of ketones is 1. The van der Waals surface area contributed by atoms with E-state index in [1.165, 1.54) is 0 Å². The van der Waals surface area contributed by atoms with Crippen molar-refractivity contribution in [1.82, 2.24) is 4.90 Å². The minimum atomic E-state index is 0.116. The lowest BCUT2D eigenvalue weighted by molar-refractivity contribution is -0.130. The first-order chi connectivity index (χ1) is 9.16. The minimum Gasteiger partial charge on any atom is -0.342 e. The highest BCUT2D eigenvalue weighted by Gasteiger charge is 2.20. The van der Waals surface area contributed by atoms with E-state index in [2.05, 4.69) is 6.92 Å². The van der Waals surface area contributed by atoms with Crippen molar-refractivity contribution in [3.05, 3.63) is 35.9 Å². The molecule has 2 rings (SSSR count). The Labute approximate surface area is 114 Å². The molecule has 102 valence electrons. The largest absolute Gasteiger partial charge is 0.342 e.